The normalized spacial score (nSPS) is 11.3. The first-order valence-electron chi connectivity index (χ1n) is 10.9. The van der Waals surface area contributed by atoms with E-state index in [1.54, 1.807) is 6.21 Å². The number of carbonyl (C=O) groups is 1. The van der Waals surface area contributed by atoms with Gasteiger partial charge in [0.25, 0.3) is 0 Å². The summed E-state index contributed by atoms with van der Waals surface area (Å²) >= 11 is 0. The zero-order valence-corrected chi connectivity index (χ0v) is 19.7. The molecule has 6 nitrogen and oxygen atoms in total. The number of nitrogens with zero attached hydrogens (tertiary/aromatic N) is 1. The number of esters is 1. The average molecular weight is 460 g/mol. The summed E-state index contributed by atoms with van der Waals surface area (Å²) in [7, 11) is 2.83. The van der Waals surface area contributed by atoms with Gasteiger partial charge in [-0.15, -0.1) is 0 Å². The van der Waals surface area contributed by atoms with Crippen LogP contribution >= 0.6 is 0 Å². The Kier molecular flexibility index (Phi) is 9.29. The molecule has 0 amide bonds. The molecule has 3 aromatic rings. The second-order valence-corrected chi connectivity index (χ2v) is 7.53. The van der Waals surface area contributed by atoms with Gasteiger partial charge in [0.1, 0.15) is 24.5 Å². The van der Waals surface area contributed by atoms with E-state index in [1.165, 1.54) is 26.0 Å². The Hall–Kier alpha value is -4.06. The van der Waals surface area contributed by atoms with E-state index in [4.69, 9.17) is 19.0 Å². The summed E-state index contributed by atoms with van der Waals surface area (Å²) < 4.78 is 16.0. The minimum atomic E-state index is -0.472. The molecule has 0 fully saturated rings. The van der Waals surface area contributed by atoms with Crippen LogP contribution in [0.4, 0.5) is 0 Å². The van der Waals surface area contributed by atoms with Crippen LogP contribution < -0.4 is 4.74 Å². The van der Waals surface area contributed by atoms with E-state index in [0.717, 1.165) is 28.9 Å². The molecule has 3 aromatic carbocycles. The van der Waals surface area contributed by atoms with Crippen LogP contribution in [0.2, 0.25) is 0 Å². The van der Waals surface area contributed by atoms with Crippen LogP contribution in [-0.2, 0) is 32.1 Å². The van der Waals surface area contributed by atoms with E-state index in [-0.39, 0.29) is 6.61 Å². The zero-order chi connectivity index (χ0) is 24.2. The molecule has 0 saturated heterocycles. The summed E-state index contributed by atoms with van der Waals surface area (Å²) in [5.41, 5.74) is 4.97. The van der Waals surface area contributed by atoms with Gasteiger partial charge in [-0.1, -0.05) is 59.8 Å². The molecule has 0 N–H and O–H groups in total. The number of rotatable bonds is 11. The molecule has 0 atom stereocenters. The highest BCUT2D eigenvalue weighted by atomic mass is 16.6. The Morgan fingerprint density at radius 2 is 1.74 bits per heavy atom. The molecular formula is C28H29NO5. The molecule has 0 saturated carbocycles. The van der Waals surface area contributed by atoms with Crippen LogP contribution in [0.3, 0.4) is 0 Å². The third kappa shape index (κ3) is 6.97. The summed E-state index contributed by atoms with van der Waals surface area (Å²) in [5, 5.41) is 4.07. The molecule has 176 valence electrons. The fourth-order valence-corrected chi connectivity index (χ4v) is 3.39. The third-order valence-corrected chi connectivity index (χ3v) is 5.13. The average Bonchev–Trinajstić information content (AvgIpc) is 2.87. The number of hydrogen-bond donors (Lipinski definition) is 0. The van der Waals surface area contributed by atoms with Gasteiger partial charge < -0.3 is 19.0 Å². The molecule has 0 heterocycles. The molecule has 6 heteroatoms. The van der Waals surface area contributed by atoms with E-state index >= 15 is 0 Å². The van der Waals surface area contributed by atoms with Gasteiger partial charge >= 0.3 is 5.97 Å². The van der Waals surface area contributed by atoms with Crippen molar-refractivity contribution in [3.63, 3.8) is 0 Å². The first kappa shape index (κ1) is 24.6. The second-order valence-electron chi connectivity index (χ2n) is 7.53. The summed E-state index contributed by atoms with van der Waals surface area (Å²) in [5.74, 6) is 0.271. The summed E-state index contributed by atoms with van der Waals surface area (Å²) in [4.78, 5) is 17.6. The summed E-state index contributed by atoms with van der Waals surface area (Å²) in [6.45, 7) is 2.77. The highest BCUT2D eigenvalue weighted by Gasteiger charge is 2.17. The molecule has 0 aliphatic heterocycles. The van der Waals surface area contributed by atoms with E-state index in [1.807, 2.05) is 67.6 Å². The minimum Gasteiger partial charge on any atom is -0.503 e. The van der Waals surface area contributed by atoms with Crippen molar-refractivity contribution in [1.82, 2.24) is 0 Å². The van der Waals surface area contributed by atoms with E-state index in [0.29, 0.717) is 17.7 Å². The summed E-state index contributed by atoms with van der Waals surface area (Å²) in [6, 6.07) is 23.4. The Balaban J connectivity index is 1.60. The maximum atomic E-state index is 12.2. The molecular weight excluding hydrogens is 430 g/mol. The van der Waals surface area contributed by atoms with Crippen LogP contribution in [0, 0.1) is 6.92 Å². The van der Waals surface area contributed by atoms with Crippen molar-refractivity contribution in [2.45, 2.75) is 20.0 Å². The number of hydrogen-bond acceptors (Lipinski definition) is 6. The monoisotopic (exact) mass is 459 g/mol. The molecule has 0 aliphatic carbocycles. The van der Waals surface area contributed by atoms with E-state index in [2.05, 4.69) is 17.3 Å². The standard InChI is InChI=1S/C28H29NO5/c1-21-17-23(18-29-34-16-15-22-9-5-4-6-10-22)13-14-27(21)33-19-24-11-7-8-12-25(24)26(20-31-2)28(30)32-3/h4-14,17-18,20H,15-16,19H2,1-3H3. The predicted molar refractivity (Wildman–Crippen MR) is 133 cm³/mol. The minimum absolute atomic E-state index is 0.283. The van der Waals surface area contributed by atoms with Crippen molar-refractivity contribution in [3.8, 4) is 5.75 Å². The van der Waals surface area contributed by atoms with Crippen molar-refractivity contribution in [1.29, 1.82) is 0 Å². The largest absolute Gasteiger partial charge is 0.503 e. The van der Waals surface area contributed by atoms with E-state index < -0.39 is 5.97 Å². The van der Waals surface area contributed by atoms with Crippen LogP contribution in [0.25, 0.3) is 5.57 Å². The molecule has 3 rings (SSSR count). The van der Waals surface area contributed by atoms with Gasteiger partial charge in [-0.05, 0) is 52.9 Å². The number of carbonyl (C=O) groups excluding carboxylic acids is 1. The van der Waals surface area contributed by atoms with Crippen LogP contribution in [0.5, 0.6) is 5.75 Å². The molecule has 0 aliphatic rings. The number of oxime groups is 1. The highest BCUT2D eigenvalue weighted by Crippen LogP contribution is 2.24. The summed E-state index contributed by atoms with van der Waals surface area (Å²) in [6.07, 6.45) is 3.88. The topological polar surface area (TPSA) is 66.4 Å². The second kappa shape index (κ2) is 12.8. The first-order valence-corrected chi connectivity index (χ1v) is 10.9. The van der Waals surface area contributed by atoms with Crippen molar-refractivity contribution in [3.05, 3.63) is 107 Å². The number of ether oxygens (including phenoxy) is 3. The maximum Gasteiger partial charge on any atom is 0.341 e. The quantitative estimate of drug-likeness (QED) is 0.0969. The lowest BCUT2D eigenvalue weighted by atomic mass is 10.0. The van der Waals surface area contributed by atoms with Crippen molar-refractivity contribution >= 4 is 17.8 Å². The van der Waals surface area contributed by atoms with Crippen LogP contribution in [-0.4, -0.2) is 33.0 Å². The lowest BCUT2D eigenvalue weighted by Crippen LogP contribution is -2.08. The maximum absolute atomic E-state index is 12.2. The molecule has 34 heavy (non-hydrogen) atoms. The van der Waals surface area contributed by atoms with Crippen molar-refractivity contribution < 1.29 is 23.8 Å². The molecule has 0 aromatic heterocycles. The Labute approximate surface area is 200 Å². The first-order chi connectivity index (χ1) is 16.6. The predicted octanol–water partition coefficient (Wildman–Crippen LogP) is 5.33. The van der Waals surface area contributed by atoms with Gasteiger partial charge in [0.15, 0.2) is 0 Å². The molecule has 0 unspecified atom stereocenters. The van der Waals surface area contributed by atoms with Gasteiger partial charge in [0, 0.05) is 6.42 Å². The number of methoxy groups -OCH3 is 2. The Bertz CT molecular complexity index is 1140. The zero-order valence-electron chi connectivity index (χ0n) is 19.7. The fourth-order valence-electron chi connectivity index (χ4n) is 3.39. The SMILES string of the molecule is COC=C(C(=O)OC)c1ccccc1COc1ccc(C=NOCCc2ccccc2)cc1C. The van der Waals surface area contributed by atoms with Gasteiger partial charge in [-0.25, -0.2) is 4.79 Å². The smallest absolute Gasteiger partial charge is 0.341 e. The lowest BCUT2D eigenvalue weighted by Gasteiger charge is -2.14. The van der Waals surface area contributed by atoms with Crippen molar-refractivity contribution in [2.75, 3.05) is 20.8 Å². The highest BCUT2D eigenvalue weighted by molar-refractivity contribution is 6.16. The fraction of sp³-hybridized carbons (Fsp3) is 0.214. The lowest BCUT2D eigenvalue weighted by molar-refractivity contribution is -0.133. The van der Waals surface area contributed by atoms with Gasteiger partial charge in [0.05, 0.1) is 26.7 Å². The Morgan fingerprint density at radius 3 is 2.47 bits per heavy atom. The number of aryl methyl sites for hydroxylation is 1. The van der Waals surface area contributed by atoms with Gasteiger partial charge in [-0.2, -0.15) is 0 Å². The van der Waals surface area contributed by atoms with Crippen molar-refractivity contribution in [2.24, 2.45) is 5.16 Å². The van der Waals surface area contributed by atoms with Crippen LogP contribution in [0.15, 0.2) is 84.2 Å². The third-order valence-electron chi connectivity index (χ3n) is 5.13. The van der Waals surface area contributed by atoms with Gasteiger partial charge in [0.2, 0.25) is 0 Å². The Morgan fingerprint density at radius 1 is 0.971 bits per heavy atom. The van der Waals surface area contributed by atoms with Gasteiger partial charge in [-0.3, -0.25) is 0 Å². The molecule has 0 radical (unpaired) electrons. The van der Waals surface area contributed by atoms with E-state index in [9.17, 15) is 4.79 Å². The molecule has 0 bridgehead atoms. The number of benzene rings is 3. The van der Waals surface area contributed by atoms with Crippen LogP contribution in [0.1, 0.15) is 27.8 Å². The molecule has 0 spiro atoms.